The molecular weight excluding hydrogens is 498 g/mol. The molecule has 7 rings (SSSR count). The first-order chi connectivity index (χ1) is 18.9. The van der Waals surface area contributed by atoms with Gasteiger partial charge < -0.3 is 14.1 Å². The predicted octanol–water partition coefficient (Wildman–Crippen LogP) is 5.42. The second-order valence-corrected chi connectivity index (χ2v) is 9.44. The highest BCUT2D eigenvalue weighted by atomic mass is 32.1. The van der Waals surface area contributed by atoms with Crippen LogP contribution >= 0.6 is 11.3 Å². The summed E-state index contributed by atoms with van der Waals surface area (Å²) in [5, 5.41) is 7.15. The highest BCUT2D eigenvalue weighted by molar-refractivity contribution is 7.14. The normalized spacial score (nSPS) is 20.8. The van der Waals surface area contributed by atoms with Crippen molar-refractivity contribution in [3.63, 3.8) is 0 Å². The van der Waals surface area contributed by atoms with E-state index < -0.39 is 11.6 Å². The van der Waals surface area contributed by atoms with Crippen LogP contribution < -0.4 is 10.0 Å². The van der Waals surface area contributed by atoms with Crippen LogP contribution in [0.3, 0.4) is 0 Å². The number of nitrogens with zero attached hydrogens (tertiary/aromatic N) is 6. The zero-order valence-corrected chi connectivity index (χ0v) is 20.8. The van der Waals surface area contributed by atoms with Crippen LogP contribution in [0.15, 0.2) is 120 Å². The van der Waals surface area contributed by atoms with Gasteiger partial charge in [-0.3, -0.25) is 4.98 Å². The van der Waals surface area contributed by atoms with Crippen molar-refractivity contribution in [2.45, 2.75) is 11.6 Å². The molecule has 2 unspecified atom stereocenters. The molecule has 0 aromatic carbocycles. The SMILES string of the molecule is C1=COC(C2(c3ncc[nH]3)C(c3ncccn3)=C(c3ccccn3)N(c3ccco3)N2c2cccs2)C=C1. The second kappa shape index (κ2) is 9.16. The maximum absolute atomic E-state index is 6.39. The summed E-state index contributed by atoms with van der Waals surface area (Å²) in [6, 6.07) is 15.5. The number of pyridine rings is 1. The summed E-state index contributed by atoms with van der Waals surface area (Å²) in [5.41, 5.74) is 1.15. The van der Waals surface area contributed by atoms with Gasteiger partial charge in [0.2, 0.25) is 5.88 Å². The molecule has 0 saturated heterocycles. The quantitative estimate of drug-likeness (QED) is 0.318. The molecule has 0 fully saturated rings. The molecule has 2 aliphatic rings. The molecular formula is C28H21N7O2S. The van der Waals surface area contributed by atoms with E-state index in [0.717, 1.165) is 22.0 Å². The van der Waals surface area contributed by atoms with Crippen LogP contribution in [0.2, 0.25) is 0 Å². The summed E-state index contributed by atoms with van der Waals surface area (Å²) >= 11 is 1.59. The van der Waals surface area contributed by atoms with E-state index in [2.05, 4.69) is 16.1 Å². The molecule has 5 aromatic rings. The fraction of sp³-hybridized carbons (Fsp3) is 0.0714. The minimum atomic E-state index is -1.09. The molecule has 0 bridgehead atoms. The number of hydrogen-bond acceptors (Lipinski definition) is 9. The summed E-state index contributed by atoms with van der Waals surface area (Å²) in [4.78, 5) is 22.5. The van der Waals surface area contributed by atoms with Crippen molar-refractivity contribution in [2.75, 3.05) is 10.0 Å². The number of hydrazine groups is 1. The molecule has 186 valence electrons. The zero-order chi connectivity index (χ0) is 25.4. The lowest BCUT2D eigenvalue weighted by Crippen LogP contribution is -2.57. The lowest BCUT2D eigenvalue weighted by Gasteiger charge is -2.45. The van der Waals surface area contributed by atoms with Crippen molar-refractivity contribution in [3.8, 4) is 0 Å². The summed E-state index contributed by atoms with van der Waals surface area (Å²) in [6.45, 7) is 0. The fourth-order valence-electron chi connectivity index (χ4n) is 5.07. The molecule has 9 nitrogen and oxygen atoms in total. The lowest BCUT2D eigenvalue weighted by molar-refractivity contribution is 0.122. The molecule has 0 aliphatic carbocycles. The van der Waals surface area contributed by atoms with Gasteiger partial charge in [0.05, 0.1) is 23.8 Å². The predicted molar refractivity (Wildman–Crippen MR) is 144 cm³/mol. The summed E-state index contributed by atoms with van der Waals surface area (Å²) in [6.07, 6.45) is 17.5. The number of allylic oxidation sites excluding steroid dienone is 2. The molecule has 2 aliphatic heterocycles. The van der Waals surface area contributed by atoms with E-state index in [1.807, 2.05) is 71.2 Å². The van der Waals surface area contributed by atoms with E-state index in [1.54, 1.807) is 54.7 Å². The molecule has 0 saturated carbocycles. The highest BCUT2D eigenvalue weighted by Crippen LogP contribution is 2.57. The molecule has 1 N–H and O–H groups in total. The topological polar surface area (TPSA) is 96.2 Å². The number of furan rings is 1. The van der Waals surface area contributed by atoms with Crippen molar-refractivity contribution in [2.24, 2.45) is 0 Å². The third kappa shape index (κ3) is 3.31. The smallest absolute Gasteiger partial charge is 0.218 e. The number of imidazole rings is 1. The molecule has 5 aromatic heterocycles. The van der Waals surface area contributed by atoms with Crippen molar-refractivity contribution < 1.29 is 9.15 Å². The largest absolute Gasteiger partial charge is 0.491 e. The second-order valence-electron chi connectivity index (χ2n) is 8.51. The first-order valence-corrected chi connectivity index (χ1v) is 12.9. The number of H-pyrrole nitrogens is 1. The van der Waals surface area contributed by atoms with Crippen molar-refractivity contribution in [1.82, 2.24) is 24.9 Å². The Hall–Kier alpha value is -4.96. The molecule has 10 heteroatoms. The summed E-state index contributed by atoms with van der Waals surface area (Å²) in [7, 11) is 0. The van der Waals surface area contributed by atoms with E-state index in [0.29, 0.717) is 17.5 Å². The van der Waals surface area contributed by atoms with E-state index in [-0.39, 0.29) is 0 Å². The van der Waals surface area contributed by atoms with Gasteiger partial charge in [-0.2, -0.15) is 0 Å². The van der Waals surface area contributed by atoms with Crippen LogP contribution in [0.25, 0.3) is 11.3 Å². The third-order valence-electron chi connectivity index (χ3n) is 6.46. The van der Waals surface area contributed by atoms with Crippen LogP contribution in [0.5, 0.6) is 0 Å². The Kier molecular flexibility index (Phi) is 5.37. The Labute approximate surface area is 222 Å². The van der Waals surface area contributed by atoms with E-state index in [4.69, 9.17) is 29.1 Å². The van der Waals surface area contributed by atoms with E-state index in [1.165, 1.54) is 0 Å². The summed E-state index contributed by atoms with van der Waals surface area (Å²) < 4.78 is 12.4. The maximum atomic E-state index is 6.39. The average Bonchev–Trinajstić information content (AvgIpc) is 3.80. The van der Waals surface area contributed by atoms with E-state index >= 15 is 0 Å². The maximum Gasteiger partial charge on any atom is 0.218 e. The molecule has 2 atom stereocenters. The van der Waals surface area contributed by atoms with Gasteiger partial charge in [-0.25, -0.2) is 25.0 Å². The van der Waals surface area contributed by atoms with Crippen LogP contribution in [-0.4, -0.2) is 31.0 Å². The van der Waals surface area contributed by atoms with Gasteiger partial charge in [-0.1, -0.05) is 12.1 Å². The Balaban J connectivity index is 1.67. The molecule has 0 amide bonds. The average molecular weight is 520 g/mol. The molecule has 0 spiro atoms. The van der Waals surface area contributed by atoms with Gasteiger partial charge in [-0.15, -0.1) is 11.3 Å². The standard InChI is InChI=1S/C28H21N7O2S/c1-3-12-29-20(8-1)25-24(26-30-13-7-14-31-26)28(27-32-15-16-33-27,21-9-2-4-17-36-21)35(23-11-6-19-38-23)34(25)22-10-5-18-37-22/h1-19,21H,(H,32,33). The number of aromatic nitrogens is 5. The van der Waals surface area contributed by atoms with Crippen molar-refractivity contribution in [1.29, 1.82) is 0 Å². The lowest BCUT2D eigenvalue weighted by atomic mass is 9.80. The molecule has 38 heavy (non-hydrogen) atoms. The Morgan fingerprint density at radius 2 is 1.82 bits per heavy atom. The number of anilines is 2. The van der Waals surface area contributed by atoms with E-state index in [9.17, 15) is 0 Å². The number of aromatic amines is 1. The highest BCUT2D eigenvalue weighted by Gasteiger charge is 2.62. The van der Waals surface area contributed by atoms with Gasteiger partial charge in [0.15, 0.2) is 17.5 Å². The number of rotatable bonds is 6. The zero-order valence-electron chi connectivity index (χ0n) is 20.0. The van der Waals surface area contributed by atoms with Gasteiger partial charge >= 0.3 is 0 Å². The first-order valence-electron chi connectivity index (χ1n) is 12.0. The Morgan fingerprint density at radius 1 is 0.895 bits per heavy atom. The van der Waals surface area contributed by atoms with Gasteiger partial charge in [-0.05, 0) is 53.9 Å². The van der Waals surface area contributed by atoms with Gasteiger partial charge in [0.25, 0.3) is 0 Å². The van der Waals surface area contributed by atoms with Crippen LogP contribution in [0.4, 0.5) is 10.9 Å². The fourth-order valence-corrected chi connectivity index (χ4v) is 5.85. The number of nitrogens with one attached hydrogen (secondary N) is 1. The van der Waals surface area contributed by atoms with Crippen molar-refractivity contribution in [3.05, 3.63) is 133 Å². The van der Waals surface area contributed by atoms with Crippen LogP contribution in [0.1, 0.15) is 17.3 Å². The number of hydrogen-bond donors (Lipinski definition) is 1. The number of thiophene rings is 1. The van der Waals surface area contributed by atoms with Crippen LogP contribution in [-0.2, 0) is 10.3 Å². The summed E-state index contributed by atoms with van der Waals surface area (Å²) in [5.74, 6) is 1.77. The van der Waals surface area contributed by atoms with Crippen molar-refractivity contribution >= 4 is 33.5 Å². The molecule has 7 heterocycles. The van der Waals surface area contributed by atoms with Gasteiger partial charge in [0, 0.05) is 37.1 Å². The Morgan fingerprint density at radius 3 is 2.50 bits per heavy atom. The van der Waals surface area contributed by atoms with Gasteiger partial charge in [0.1, 0.15) is 16.5 Å². The van der Waals surface area contributed by atoms with Crippen LogP contribution in [0, 0.1) is 0 Å². The monoisotopic (exact) mass is 519 g/mol. The minimum absolute atomic E-state index is 0.520. The Bertz CT molecular complexity index is 1600. The molecule has 0 radical (unpaired) electrons. The number of ether oxygens (including phenoxy) is 1. The minimum Gasteiger partial charge on any atom is -0.491 e. The first kappa shape index (κ1) is 22.3. The third-order valence-corrected chi connectivity index (χ3v) is 7.31.